The van der Waals surface area contributed by atoms with Crippen molar-refractivity contribution in [1.29, 1.82) is 0 Å². The Morgan fingerprint density at radius 2 is 2.10 bits per heavy atom. The van der Waals surface area contributed by atoms with E-state index < -0.39 is 0 Å². The minimum Gasteiger partial charge on any atom is -0.493 e. The summed E-state index contributed by atoms with van der Waals surface area (Å²) in [4.78, 5) is 9.50. The molecule has 1 aromatic carbocycles. The maximum atomic E-state index is 5.73. The largest absolute Gasteiger partial charge is 0.493 e. The van der Waals surface area contributed by atoms with Crippen molar-refractivity contribution in [3.05, 3.63) is 46.9 Å². The third-order valence-electron chi connectivity index (χ3n) is 4.36. The molecule has 1 aliphatic heterocycles. The standard InChI is InChI=1S/C16H18N4O/c17-20-16-12-5-3-6-13(12)18-15(19-16)11-8-9-21-14-7-2-1-4-10(11)14/h1-2,4,7,11H,3,5-6,8-9,17H2,(H,18,19,20). The monoisotopic (exact) mass is 282 g/mol. The first kappa shape index (κ1) is 12.6. The van der Waals surface area contributed by atoms with Gasteiger partial charge in [-0.1, -0.05) is 18.2 Å². The number of fused-ring (bicyclic) bond motifs is 2. The lowest BCUT2D eigenvalue weighted by Crippen LogP contribution is -2.20. The summed E-state index contributed by atoms with van der Waals surface area (Å²) < 4.78 is 5.73. The molecule has 4 rings (SSSR count). The number of nitrogens with zero attached hydrogens (tertiary/aromatic N) is 2. The number of aryl methyl sites for hydroxylation is 1. The van der Waals surface area contributed by atoms with Gasteiger partial charge in [-0.05, 0) is 31.7 Å². The number of ether oxygens (including phenoxy) is 1. The van der Waals surface area contributed by atoms with Crippen molar-refractivity contribution in [2.45, 2.75) is 31.6 Å². The molecule has 0 saturated carbocycles. The van der Waals surface area contributed by atoms with E-state index in [1.807, 2.05) is 18.2 Å². The van der Waals surface area contributed by atoms with Crippen LogP contribution < -0.4 is 16.0 Å². The van der Waals surface area contributed by atoms with Gasteiger partial charge in [0.2, 0.25) is 0 Å². The molecule has 108 valence electrons. The zero-order valence-corrected chi connectivity index (χ0v) is 11.8. The summed E-state index contributed by atoms with van der Waals surface area (Å²) in [6.45, 7) is 0.702. The molecule has 0 amide bonds. The number of para-hydroxylation sites is 1. The molecule has 2 aromatic rings. The molecule has 1 unspecified atom stereocenters. The molecule has 5 nitrogen and oxygen atoms in total. The lowest BCUT2D eigenvalue weighted by Gasteiger charge is -2.25. The Bertz CT molecular complexity index is 686. The van der Waals surface area contributed by atoms with Crippen LogP contribution in [0.2, 0.25) is 0 Å². The number of aromatic nitrogens is 2. The third-order valence-corrected chi connectivity index (χ3v) is 4.36. The molecule has 0 fully saturated rings. The molecular formula is C16H18N4O. The molecule has 2 heterocycles. The Morgan fingerprint density at radius 3 is 3.00 bits per heavy atom. The van der Waals surface area contributed by atoms with Gasteiger partial charge in [-0.25, -0.2) is 15.8 Å². The Kier molecular flexibility index (Phi) is 3.00. The fourth-order valence-electron chi connectivity index (χ4n) is 3.34. The Morgan fingerprint density at radius 1 is 1.19 bits per heavy atom. The van der Waals surface area contributed by atoms with E-state index in [0.717, 1.165) is 48.8 Å². The van der Waals surface area contributed by atoms with E-state index in [0.29, 0.717) is 6.61 Å². The lowest BCUT2D eigenvalue weighted by atomic mass is 9.92. The summed E-state index contributed by atoms with van der Waals surface area (Å²) in [5.74, 6) is 8.43. The van der Waals surface area contributed by atoms with Crippen molar-refractivity contribution in [2.75, 3.05) is 12.0 Å². The maximum Gasteiger partial charge on any atom is 0.147 e. The van der Waals surface area contributed by atoms with E-state index in [-0.39, 0.29) is 5.92 Å². The lowest BCUT2D eigenvalue weighted by molar-refractivity contribution is 0.274. The van der Waals surface area contributed by atoms with Gasteiger partial charge in [-0.2, -0.15) is 0 Å². The molecule has 1 aromatic heterocycles. The second kappa shape index (κ2) is 5.00. The molecule has 0 spiro atoms. The average Bonchev–Trinajstić information content (AvgIpc) is 3.02. The van der Waals surface area contributed by atoms with Crippen molar-refractivity contribution < 1.29 is 4.74 Å². The second-order valence-corrected chi connectivity index (χ2v) is 5.58. The summed E-state index contributed by atoms with van der Waals surface area (Å²) in [6, 6.07) is 8.15. The van der Waals surface area contributed by atoms with E-state index >= 15 is 0 Å². The number of hydrogen-bond acceptors (Lipinski definition) is 5. The molecule has 0 radical (unpaired) electrons. The molecule has 0 saturated heterocycles. The van der Waals surface area contributed by atoms with Crippen molar-refractivity contribution in [3.8, 4) is 5.75 Å². The average molecular weight is 282 g/mol. The van der Waals surface area contributed by atoms with Gasteiger partial charge >= 0.3 is 0 Å². The molecule has 3 N–H and O–H groups in total. The predicted octanol–water partition coefficient (Wildman–Crippen LogP) is 2.17. The number of rotatable bonds is 2. The highest BCUT2D eigenvalue weighted by Crippen LogP contribution is 2.38. The van der Waals surface area contributed by atoms with Crippen LogP contribution >= 0.6 is 0 Å². The van der Waals surface area contributed by atoms with Gasteiger partial charge < -0.3 is 10.2 Å². The van der Waals surface area contributed by atoms with E-state index in [4.69, 9.17) is 15.6 Å². The minimum absolute atomic E-state index is 0.188. The normalized spacial score (nSPS) is 19.6. The Labute approximate surface area is 123 Å². The number of hydrogen-bond donors (Lipinski definition) is 2. The minimum atomic E-state index is 0.188. The van der Waals surface area contributed by atoms with Crippen LogP contribution in [0.5, 0.6) is 5.75 Å². The van der Waals surface area contributed by atoms with Crippen LogP contribution in [0.15, 0.2) is 24.3 Å². The van der Waals surface area contributed by atoms with Crippen LogP contribution in [-0.2, 0) is 12.8 Å². The third kappa shape index (κ3) is 2.05. The summed E-state index contributed by atoms with van der Waals surface area (Å²) in [7, 11) is 0. The van der Waals surface area contributed by atoms with Crippen molar-refractivity contribution in [1.82, 2.24) is 9.97 Å². The quantitative estimate of drug-likeness (QED) is 0.652. The van der Waals surface area contributed by atoms with Gasteiger partial charge in [0.15, 0.2) is 0 Å². The first-order chi connectivity index (χ1) is 10.4. The number of nitrogens with two attached hydrogens (primary N) is 1. The molecular weight excluding hydrogens is 264 g/mol. The highest BCUT2D eigenvalue weighted by molar-refractivity contribution is 5.49. The molecule has 0 bridgehead atoms. The summed E-state index contributed by atoms with van der Waals surface area (Å²) >= 11 is 0. The van der Waals surface area contributed by atoms with E-state index in [9.17, 15) is 0 Å². The van der Waals surface area contributed by atoms with Crippen LogP contribution in [0.25, 0.3) is 0 Å². The molecule has 5 heteroatoms. The van der Waals surface area contributed by atoms with Crippen LogP contribution in [-0.4, -0.2) is 16.6 Å². The molecule has 1 atom stereocenters. The van der Waals surface area contributed by atoms with Crippen LogP contribution in [0.3, 0.4) is 0 Å². The van der Waals surface area contributed by atoms with Gasteiger partial charge in [-0.15, -0.1) is 0 Å². The summed E-state index contributed by atoms with van der Waals surface area (Å²) in [5.41, 5.74) is 6.25. The zero-order valence-electron chi connectivity index (χ0n) is 11.8. The number of hydrazine groups is 1. The smallest absolute Gasteiger partial charge is 0.147 e. The summed E-state index contributed by atoms with van der Waals surface area (Å²) in [5, 5.41) is 0. The fraction of sp³-hybridized carbons (Fsp3) is 0.375. The first-order valence-corrected chi connectivity index (χ1v) is 7.45. The van der Waals surface area contributed by atoms with E-state index in [2.05, 4.69) is 16.5 Å². The summed E-state index contributed by atoms with van der Waals surface area (Å²) in [6.07, 6.45) is 4.07. The molecule has 2 aliphatic rings. The van der Waals surface area contributed by atoms with Crippen molar-refractivity contribution in [3.63, 3.8) is 0 Å². The van der Waals surface area contributed by atoms with Crippen molar-refractivity contribution >= 4 is 5.82 Å². The van der Waals surface area contributed by atoms with E-state index in [1.54, 1.807) is 0 Å². The first-order valence-electron chi connectivity index (χ1n) is 7.45. The predicted molar refractivity (Wildman–Crippen MR) is 80.3 cm³/mol. The van der Waals surface area contributed by atoms with Gasteiger partial charge in [0.1, 0.15) is 17.4 Å². The highest BCUT2D eigenvalue weighted by atomic mass is 16.5. The van der Waals surface area contributed by atoms with Gasteiger partial charge in [0.25, 0.3) is 0 Å². The maximum absolute atomic E-state index is 5.73. The van der Waals surface area contributed by atoms with Crippen LogP contribution in [0, 0.1) is 0 Å². The molecule has 1 aliphatic carbocycles. The van der Waals surface area contributed by atoms with Crippen LogP contribution in [0.1, 0.15) is 41.4 Å². The SMILES string of the molecule is NNc1nc(C2CCOc3ccccc32)nc2c1CCC2. The Balaban J connectivity index is 1.81. The highest BCUT2D eigenvalue weighted by Gasteiger charge is 2.28. The second-order valence-electron chi connectivity index (χ2n) is 5.58. The van der Waals surface area contributed by atoms with Gasteiger partial charge in [0.05, 0.1) is 12.5 Å². The van der Waals surface area contributed by atoms with Crippen LogP contribution in [0.4, 0.5) is 5.82 Å². The fourth-order valence-corrected chi connectivity index (χ4v) is 3.34. The number of anilines is 1. The zero-order chi connectivity index (χ0) is 14.2. The van der Waals surface area contributed by atoms with Gasteiger partial charge in [0, 0.05) is 16.8 Å². The van der Waals surface area contributed by atoms with Gasteiger partial charge in [-0.3, -0.25) is 0 Å². The number of nitrogens with one attached hydrogen (secondary N) is 1. The number of nitrogen functional groups attached to an aromatic ring is 1. The Hall–Kier alpha value is -2.14. The topological polar surface area (TPSA) is 73.1 Å². The van der Waals surface area contributed by atoms with Crippen molar-refractivity contribution in [2.24, 2.45) is 5.84 Å². The number of benzene rings is 1. The molecule has 21 heavy (non-hydrogen) atoms. The van der Waals surface area contributed by atoms with E-state index in [1.165, 1.54) is 11.1 Å².